The number of rotatable bonds is 9. The fourth-order valence-corrected chi connectivity index (χ4v) is 8.86. The average Bonchev–Trinajstić information content (AvgIpc) is 3.53. The second-order valence-corrected chi connectivity index (χ2v) is 13.8. The van der Waals surface area contributed by atoms with Crippen LogP contribution in [0.2, 0.25) is 0 Å². The van der Waals surface area contributed by atoms with Crippen LogP contribution in [0.1, 0.15) is 57.4 Å². The number of piperazine rings is 1. The van der Waals surface area contributed by atoms with Gasteiger partial charge in [-0.1, -0.05) is 25.1 Å². The smallest absolute Gasteiger partial charge is 0.319 e. The minimum atomic E-state index is -0.776. The van der Waals surface area contributed by atoms with Crippen molar-refractivity contribution in [2.75, 3.05) is 38.3 Å². The molecule has 4 aliphatic heterocycles. The Morgan fingerprint density at radius 3 is 2.49 bits per heavy atom. The van der Waals surface area contributed by atoms with Gasteiger partial charge in [-0.15, -0.1) is 0 Å². The molecule has 3 aromatic carbocycles. The SMILES string of the molecule is CCc1cccc2cc(O)cc(-c3c(F)cc4c(N5CC6CCC(C5)N6)nc(OCCCN5[C@@H]6CC[C@H]5C[C@@H](OC)C6)nc4c3F)c12. The number of ether oxygens (including phenoxy) is 2. The summed E-state index contributed by atoms with van der Waals surface area (Å²) in [6.07, 6.45) is 8.51. The number of nitrogens with zero attached hydrogens (tertiary/aromatic N) is 4. The molecule has 2 unspecified atom stereocenters. The summed E-state index contributed by atoms with van der Waals surface area (Å²) in [5.41, 5.74) is 1.08. The van der Waals surface area contributed by atoms with E-state index in [9.17, 15) is 5.11 Å². The fourth-order valence-electron chi connectivity index (χ4n) is 8.86. The predicted octanol–water partition coefficient (Wildman–Crippen LogP) is 6.35. The number of aromatic hydroxyl groups is 1. The molecule has 4 aliphatic rings. The number of aryl methyl sites for hydroxylation is 1. The number of nitrogens with one attached hydrogen (secondary N) is 1. The number of aromatic nitrogens is 2. The monoisotopic (exact) mass is 643 g/mol. The number of phenolic OH excluding ortho intramolecular Hbond substituents is 1. The lowest BCUT2D eigenvalue weighted by Crippen LogP contribution is -2.51. The zero-order valence-electron chi connectivity index (χ0n) is 27.1. The molecule has 248 valence electrons. The van der Waals surface area contributed by atoms with Gasteiger partial charge in [-0.2, -0.15) is 9.97 Å². The molecule has 4 fully saturated rings. The Kier molecular flexibility index (Phi) is 8.14. The van der Waals surface area contributed by atoms with E-state index in [1.165, 1.54) is 25.0 Å². The first-order valence-electron chi connectivity index (χ1n) is 17.3. The summed E-state index contributed by atoms with van der Waals surface area (Å²) in [5.74, 6) is -1.04. The van der Waals surface area contributed by atoms with Gasteiger partial charge in [-0.3, -0.25) is 4.90 Å². The van der Waals surface area contributed by atoms with E-state index in [0.717, 1.165) is 55.0 Å². The van der Waals surface area contributed by atoms with Crippen molar-refractivity contribution in [1.82, 2.24) is 20.2 Å². The molecule has 0 radical (unpaired) electrons. The predicted molar refractivity (Wildman–Crippen MR) is 179 cm³/mol. The van der Waals surface area contributed by atoms with E-state index in [4.69, 9.17) is 14.5 Å². The van der Waals surface area contributed by atoms with Crippen LogP contribution in [-0.4, -0.2) is 83.6 Å². The lowest BCUT2D eigenvalue weighted by molar-refractivity contribution is 0.00434. The van der Waals surface area contributed by atoms with Crippen LogP contribution in [0.3, 0.4) is 0 Å². The van der Waals surface area contributed by atoms with Gasteiger partial charge >= 0.3 is 6.01 Å². The fraction of sp³-hybridized carbons (Fsp3) is 0.514. The molecule has 5 heterocycles. The Hall–Kier alpha value is -3.60. The number of halogens is 2. The molecular weight excluding hydrogens is 600 g/mol. The molecule has 0 amide bonds. The van der Waals surface area contributed by atoms with Gasteiger partial charge in [-0.05, 0) is 91.5 Å². The number of benzene rings is 3. The molecule has 4 aromatic rings. The van der Waals surface area contributed by atoms with Crippen LogP contribution < -0.4 is 15.0 Å². The minimum absolute atomic E-state index is 0.0254. The third-order valence-corrected chi connectivity index (χ3v) is 11.0. The van der Waals surface area contributed by atoms with Gasteiger partial charge in [0.25, 0.3) is 0 Å². The van der Waals surface area contributed by atoms with E-state index >= 15 is 8.78 Å². The van der Waals surface area contributed by atoms with Crippen molar-refractivity contribution >= 4 is 27.5 Å². The molecule has 2 N–H and O–H groups in total. The van der Waals surface area contributed by atoms with Crippen LogP contribution in [0.4, 0.5) is 14.6 Å². The van der Waals surface area contributed by atoms with E-state index in [1.807, 2.05) is 32.2 Å². The second kappa shape index (κ2) is 12.5. The van der Waals surface area contributed by atoms with E-state index in [1.54, 1.807) is 6.07 Å². The molecule has 4 bridgehead atoms. The average molecular weight is 644 g/mol. The molecular formula is C37H43F2N5O3. The minimum Gasteiger partial charge on any atom is -0.508 e. The van der Waals surface area contributed by atoms with Crippen LogP contribution in [0.25, 0.3) is 32.8 Å². The van der Waals surface area contributed by atoms with Crippen molar-refractivity contribution in [2.24, 2.45) is 0 Å². The number of hydrogen-bond donors (Lipinski definition) is 2. The highest BCUT2D eigenvalue weighted by molar-refractivity contribution is 6.03. The first-order chi connectivity index (χ1) is 22.9. The molecule has 8 nitrogen and oxygen atoms in total. The highest BCUT2D eigenvalue weighted by Crippen LogP contribution is 2.42. The van der Waals surface area contributed by atoms with Gasteiger partial charge in [0.15, 0.2) is 5.82 Å². The largest absolute Gasteiger partial charge is 0.508 e. The number of piperidine rings is 1. The Bertz CT molecular complexity index is 1790. The Morgan fingerprint density at radius 2 is 1.77 bits per heavy atom. The summed E-state index contributed by atoms with van der Waals surface area (Å²) < 4.78 is 45.0. The first-order valence-corrected chi connectivity index (χ1v) is 17.3. The molecule has 5 atom stereocenters. The highest BCUT2D eigenvalue weighted by atomic mass is 19.1. The van der Waals surface area contributed by atoms with Gasteiger partial charge in [0.05, 0.1) is 18.3 Å². The van der Waals surface area contributed by atoms with Crippen LogP contribution in [0, 0.1) is 11.6 Å². The lowest BCUT2D eigenvalue weighted by atomic mass is 9.92. The van der Waals surface area contributed by atoms with Gasteiger partial charge in [-0.25, -0.2) is 8.78 Å². The van der Waals surface area contributed by atoms with Gasteiger partial charge in [0, 0.05) is 56.3 Å². The van der Waals surface area contributed by atoms with Crippen molar-refractivity contribution in [1.29, 1.82) is 0 Å². The first kappa shape index (κ1) is 30.7. The number of fused-ring (bicyclic) bond motifs is 6. The summed E-state index contributed by atoms with van der Waals surface area (Å²) in [6.45, 7) is 4.72. The summed E-state index contributed by atoms with van der Waals surface area (Å²) in [5, 5.41) is 16.0. The van der Waals surface area contributed by atoms with Gasteiger partial charge in [0.2, 0.25) is 0 Å². The molecule has 1 aromatic heterocycles. The van der Waals surface area contributed by atoms with Crippen molar-refractivity contribution in [3.05, 3.63) is 53.6 Å². The number of hydrogen-bond acceptors (Lipinski definition) is 8. The Labute approximate surface area is 274 Å². The Morgan fingerprint density at radius 1 is 1.00 bits per heavy atom. The number of methoxy groups -OCH3 is 1. The van der Waals surface area contributed by atoms with E-state index in [2.05, 4.69) is 20.1 Å². The zero-order valence-corrected chi connectivity index (χ0v) is 27.1. The standard InChI is InChI=1S/C37H43F2N5O3/c1-3-21-6-4-7-22-14-27(45)17-29(32(21)22)33-31(38)18-30-35(34(33)39)41-37(42-36(30)43-19-23-8-9-24(20-43)40-23)47-13-5-12-44-25-10-11-26(44)16-28(15-25)46-2/h4,6-7,14,17-18,23-26,28,40,45H,3,5,8-13,15-16,19-20H2,1-2H3/t23?,24?,25-,26+,28+. The molecule has 47 heavy (non-hydrogen) atoms. The quantitative estimate of drug-likeness (QED) is 0.204. The summed E-state index contributed by atoms with van der Waals surface area (Å²) in [6, 6.07) is 12.0. The molecule has 4 saturated heterocycles. The van der Waals surface area contributed by atoms with E-state index in [-0.39, 0.29) is 22.8 Å². The van der Waals surface area contributed by atoms with Crippen molar-refractivity contribution in [3.63, 3.8) is 0 Å². The van der Waals surface area contributed by atoms with Crippen molar-refractivity contribution in [2.45, 2.75) is 88.6 Å². The maximum Gasteiger partial charge on any atom is 0.319 e. The summed E-state index contributed by atoms with van der Waals surface area (Å²) >= 11 is 0. The summed E-state index contributed by atoms with van der Waals surface area (Å²) in [7, 11) is 1.81. The number of phenols is 1. The summed E-state index contributed by atoms with van der Waals surface area (Å²) in [4.78, 5) is 14.1. The van der Waals surface area contributed by atoms with E-state index < -0.39 is 11.6 Å². The van der Waals surface area contributed by atoms with Crippen molar-refractivity contribution in [3.8, 4) is 22.9 Å². The lowest BCUT2D eigenvalue weighted by Gasteiger charge is -2.38. The maximum atomic E-state index is 16.9. The Balaban J connectivity index is 1.15. The maximum absolute atomic E-state index is 16.9. The van der Waals surface area contributed by atoms with E-state index in [0.29, 0.717) is 73.2 Å². The topological polar surface area (TPSA) is 83.0 Å². The van der Waals surface area contributed by atoms with Crippen LogP contribution in [0.5, 0.6) is 11.8 Å². The molecule has 10 heteroatoms. The molecule has 0 saturated carbocycles. The number of anilines is 1. The third-order valence-electron chi connectivity index (χ3n) is 11.0. The molecule has 0 spiro atoms. The second-order valence-electron chi connectivity index (χ2n) is 13.8. The van der Waals surface area contributed by atoms with Crippen molar-refractivity contribution < 1.29 is 23.4 Å². The normalized spacial score (nSPS) is 25.7. The molecule has 0 aliphatic carbocycles. The third kappa shape index (κ3) is 5.58. The van der Waals surface area contributed by atoms with Gasteiger partial charge < -0.3 is 24.8 Å². The molecule has 8 rings (SSSR count). The van der Waals surface area contributed by atoms with Crippen LogP contribution in [-0.2, 0) is 11.2 Å². The highest BCUT2D eigenvalue weighted by Gasteiger charge is 2.40. The zero-order chi connectivity index (χ0) is 32.2. The van der Waals surface area contributed by atoms with Crippen LogP contribution in [0.15, 0.2) is 36.4 Å². The van der Waals surface area contributed by atoms with Crippen LogP contribution >= 0.6 is 0 Å². The van der Waals surface area contributed by atoms with Gasteiger partial charge in [0.1, 0.15) is 22.9 Å².